The van der Waals surface area contributed by atoms with E-state index in [1.54, 1.807) is 23.4 Å². The Morgan fingerprint density at radius 3 is 2.68 bits per heavy atom. The van der Waals surface area contributed by atoms with Crippen LogP contribution < -0.4 is 0 Å². The lowest BCUT2D eigenvalue weighted by Gasteiger charge is -2.26. The number of hydrogen-bond acceptors (Lipinski definition) is 6. The topological polar surface area (TPSA) is 86.6 Å². The highest BCUT2D eigenvalue weighted by molar-refractivity contribution is 5.90. The minimum atomic E-state index is -0.494. The van der Waals surface area contributed by atoms with Gasteiger partial charge in [0.2, 0.25) is 0 Å². The van der Waals surface area contributed by atoms with Gasteiger partial charge in [0.1, 0.15) is 5.60 Å². The first-order valence-electron chi connectivity index (χ1n) is 10.7. The van der Waals surface area contributed by atoms with Crippen LogP contribution in [0.15, 0.2) is 24.7 Å². The zero-order chi connectivity index (χ0) is 22.6. The predicted molar refractivity (Wildman–Crippen MR) is 116 cm³/mol. The quantitative estimate of drug-likeness (QED) is 0.686. The van der Waals surface area contributed by atoms with E-state index in [1.165, 1.54) is 7.11 Å². The third-order valence-electron chi connectivity index (χ3n) is 5.43. The van der Waals surface area contributed by atoms with Gasteiger partial charge in [0.25, 0.3) is 0 Å². The second kappa shape index (κ2) is 9.49. The number of methoxy groups -OCH3 is 1. The molecular formula is C23H32N4O4. The van der Waals surface area contributed by atoms with Crippen molar-refractivity contribution >= 4 is 12.1 Å². The van der Waals surface area contributed by atoms with Gasteiger partial charge in [-0.3, -0.25) is 9.67 Å². The molecule has 2 aromatic heterocycles. The van der Waals surface area contributed by atoms with E-state index in [1.807, 2.05) is 32.4 Å². The maximum atomic E-state index is 12.4. The fourth-order valence-electron chi connectivity index (χ4n) is 3.81. The van der Waals surface area contributed by atoms with Gasteiger partial charge in [-0.2, -0.15) is 5.10 Å². The fraction of sp³-hybridized carbons (Fsp3) is 0.565. The molecule has 168 valence electrons. The normalized spacial score (nSPS) is 17.2. The molecule has 31 heavy (non-hydrogen) atoms. The lowest BCUT2D eigenvalue weighted by Crippen LogP contribution is -2.37. The SMILES string of the molecule is COC(=O)c1ccncc1Cc1cn(C2CCCN(C(=O)OC(C)(C)C)CC2)nc1C. The first kappa shape index (κ1) is 22.8. The van der Waals surface area contributed by atoms with Gasteiger partial charge < -0.3 is 14.4 Å². The Hall–Kier alpha value is -2.90. The van der Waals surface area contributed by atoms with Crippen LogP contribution in [0.2, 0.25) is 0 Å². The Bertz CT molecular complexity index is 932. The van der Waals surface area contributed by atoms with Crippen molar-refractivity contribution < 1.29 is 19.1 Å². The average Bonchev–Trinajstić information content (AvgIpc) is 2.92. The minimum absolute atomic E-state index is 0.217. The number of nitrogens with zero attached hydrogens (tertiary/aromatic N) is 4. The third-order valence-corrected chi connectivity index (χ3v) is 5.43. The van der Waals surface area contributed by atoms with Gasteiger partial charge in [-0.15, -0.1) is 0 Å². The summed E-state index contributed by atoms with van der Waals surface area (Å²) >= 11 is 0. The van der Waals surface area contributed by atoms with E-state index in [-0.39, 0.29) is 18.1 Å². The molecule has 0 aliphatic carbocycles. The van der Waals surface area contributed by atoms with Crippen LogP contribution in [0.5, 0.6) is 0 Å². The summed E-state index contributed by atoms with van der Waals surface area (Å²) in [5, 5.41) is 4.74. The number of esters is 1. The van der Waals surface area contributed by atoms with Gasteiger partial charge in [0.05, 0.1) is 24.4 Å². The van der Waals surface area contributed by atoms with E-state index in [0.717, 1.165) is 36.1 Å². The highest BCUT2D eigenvalue weighted by Gasteiger charge is 2.26. The summed E-state index contributed by atoms with van der Waals surface area (Å²) in [6, 6.07) is 1.89. The van der Waals surface area contributed by atoms with Crippen LogP contribution >= 0.6 is 0 Å². The van der Waals surface area contributed by atoms with Crippen LogP contribution in [-0.4, -0.2) is 57.5 Å². The number of rotatable bonds is 4. The largest absolute Gasteiger partial charge is 0.465 e. The first-order chi connectivity index (χ1) is 14.7. The van der Waals surface area contributed by atoms with E-state index < -0.39 is 5.60 Å². The van der Waals surface area contributed by atoms with Gasteiger partial charge in [-0.25, -0.2) is 9.59 Å². The Kier molecular flexibility index (Phi) is 6.97. The van der Waals surface area contributed by atoms with Crippen LogP contribution in [0, 0.1) is 6.92 Å². The maximum absolute atomic E-state index is 12.4. The standard InChI is InChI=1S/C23H32N4O4/c1-16-18(13-17-14-24-10-8-20(17)21(28)30-5)15-27(25-16)19-7-6-11-26(12-9-19)22(29)31-23(2,3)4/h8,10,14-15,19H,6-7,9,11-13H2,1-5H3. The molecule has 0 spiro atoms. The number of likely N-dealkylation sites (tertiary alicyclic amines) is 1. The van der Waals surface area contributed by atoms with Gasteiger partial charge in [-0.05, 0) is 64.2 Å². The molecule has 0 aromatic carbocycles. The number of aryl methyl sites for hydroxylation is 1. The van der Waals surface area contributed by atoms with Crippen molar-refractivity contribution in [3.05, 3.63) is 47.0 Å². The summed E-state index contributed by atoms with van der Waals surface area (Å²) in [5.74, 6) is -0.367. The van der Waals surface area contributed by atoms with Crippen molar-refractivity contribution in [2.24, 2.45) is 0 Å². The Labute approximate surface area is 183 Å². The molecule has 1 amide bonds. The zero-order valence-corrected chi connectivity index (χ0v) is 19.1. The number of ether oxygens (including phenoxy) is 2. The first-order valence-corrected chi connectivity index (χ1v) is 10.7. The van der Waals surface area contributed by atoms with E-state index in [0.29, 0.717) is 25.1 Å². The molecule has 1 fully saturated rings. The minimum Gasteiger partial charge on any atom is -0.465 e. The van der Waals surface area contributed by atoms with Gasteiger partial charge >= 0.3 is 12.1 Å². The Balaban J connectivity index is 1.70. The van der Waals surface area contributed by atoms with Crippen LogP contribution in [0.4, 0.5) is 4.79 Å². The summed E-state index contributed by atoms with van der Waals surface area (Å²) in [7, 11) is 1.38. The molecule has 2 aromatic rings. The van der Waals surface area contributed by atoms with Crippen LogP contribution in [0.3, 0.4) is 0 Å². The van der Waals surface area contributed by atoms with Crippen molar-refractivity contribution in [1.82, 2.24) is 19.7 Å². The molecule has 8 heteroatoms. The smallest absolute Gasteiger partial charge is 0.410 e. The van der Waals surface area contributed by atoms with Crippen LogP contribution in [-0.2, 0) is 15.9 Å². The Morgan fingerprint density at radius 2 is 1.97 bits per heavy atom. The highest BCUT2D eigenvalue weighted by Crippen LogP contribution is 2.25. The van der Waals surface area contributed by atoms with E-state index in [9.17, 15) is 9.59 Å². The van der Waals surface area contributed by atoms with Crippen LogP contribution in [0.1, 0.15) is 73.3 Å². The number of aromatic nitrogens is 3. The van der Waals surface area contributed by atoms with Crippen molar-refractivity contribution in [2.45, 2.75) is 65.0 Å². The molecule has 0 radical (unpaired) electrons. The predicted octanol–water partition coefficient (Wildman–Crippen LogP) is 3.93. The summed E-state index contributed by atoms with van der Waals surface area (Å²) in [6.45, 7) is 8.96. The Morgan fingerprint density at radius 1 is 1.19 bits per heavy atom. The fourth-order valence-corrected chi connectivity index (χ4v) is 3.81. The molecule has 1 saturated heterocycles. The molecule has 0 bridgehead atoms. The number of hydrogen-bond donors (Lipinski definition) is 0. The molecule has 3 rings (SSSR count). The second-order valence-corrected chi connectivity index (χ2v) is 8.97. The molecule has 0 saturated carbocycles. The second-order valence-electron chi connectivity index (χ2n) is 8.97. The molecule has 1 aliphatic heterocycles. The molecule has 8 nitrogen and oxygen atoms in total. The molecule has 1 aliphatic rings. The van der Waals surface area contributed by atoms with Crippen molar-refractivity contribution in [1.29, 1.82) is 0 Å². The maximum Gasteiger partial charge on any atom is 0.410 e. The van der Waals surface area contributed by atoms with Crippen molar-refractivity contribution in [3.8, 4) is 0 Å². The third kappa shape index (κ3) is 5.83. The summed E-state index contributed by atoms with van der Waals surface area (Å²) < 4.78 is 12.4. The average molecular weight is 429 g/mol. The number of amides is 1. The molecule has 3 heterocycles. The van der Waals surface area contributed by atoms with E-state index in [4.69, 9.17) is 14.6 Å². The number of carbonyl (C=O) groups is 2. The molecule has 1 unspecified atom stereocenters. The summed E-state index contributed by atoms with van der Waals surface area (Å²) in [5.41, 5.74) is 2.81. The lowest BCUT2D eigenvalue weighted by molar-refractivity contribution is 0.0255. The van der Waals surface area contributed by atoms with Crippen molar-refractivity contribution in [3.63, 3.8) is 0 Å². The monoisotopic (exact) mass is 428 g/mol. The van der Waals surface area contributed by atoms with Crippen LogP contribution in [0.25, 0.3) is 0 Å². The zero-order valence-electron chi connectivity index (χ0n) is 19.1. The van der Waals surface area contributed by atoms with Gasteiger partial charge in [0.15, 0.2) is 0 Å². The summed E-state index contributed by atoms with van der Waals surface area (Å²) in [6.07, 6.45) is 8.31. The van der Waals surface area contributed by atoms with Gasteiger partial charge in [-0.1, -0.05) is 0 Å². The van der Waals surface area contributed by atoms with E-state index in [2.05, 4.69) is 11.2 Å². The van der Waals surface area contributed by atoms with Crippen molar-refractivity contribution in [2.75, 3.05) is 20.2 Å². The molecular weight excluding hydrogens is 396 g/mol. The summed E-state index contributed by atoms with van der Waals surface area (Å²) in [4.78, 5) is 30.4. The molecule has 0 N–H and O–H groups in total. The highest BCUT2D eigenvalue weighted by atomic mass is 16.6. The number of carbonyl (C=O) groups excluding carboxylic acids is 2. The number of pyridine rings is 1. The lowest BCUT2D eigenvalue weighted by atomic mass is 10.0. The van der Waals surface area contributed by atoms with E-state index >= 15 is 0 Å². The van der Waals surface area contributed by atoms with Gasteiger partial charge in [0, 0.05) is 38.1 Å². The molecule has 1 atom stereocenters.